The Labute approximate surface area is 99.7 Å². The number of rotatable bonds is 2. The number of hydrogen-bond donors (Lipinski definition) is 0. The number of hydrogen-bond acceptors (Lipinski definition) is 1. The van der Waals surface area contributed by atoms with Crippen molar-refractivity contribution in [2.45, 2.75) is 57.8 Å². The van der Waals surface area contributed by atoms with E-state index in [2.05, 4.69) is 11.2 Å². The molecule has 0 N–H and O–H groups in total. The van der Waals surface area contributed by atoms with Crippen molar-refractivity contribution in [1.29, 1.82) is 0 Å². The van der Waals surface area contributed by atoms with E-state index < -0.39 is 0 Å². The first kappa shape index (κ1) is 10.8. The largest absolute Gasteiger partial charge is 0.297 e. The van der Waals surface area contributed by atoms with E-state index in [1.165, 1.54) is 57.8 Å². The van der Waals surface area contributed by atoms with Gasteiger partial charge in [-0.25, -0.2) is 0 Å². The van der Waals surface area contributed by atoms with Crippen LogP contribution in [0.4, 0.5) is 0 Å². The zero-order valence-electron chi connectivity index (χ0n) is 10.4. The third-order valence-corrected chi connectivity index (χ3v) is 5.38. The summed E-state index contributed by atoms with van der Waals surface area (Å²) >= 11 is 0. The van der Waals surface area contributed by atoms with Gasteiger partial charge in [0, 0.05) is 6.54 Å². The average Bonchev–Trinajstić information content (AvgIpc) is 3.03. The van der Waals surface area contributed by atoms with Crippen LogP contribution in [0.1, 0.15) is 57.8 Å². The van der Waals surface area contributed by atoms with Gasteiger partial charge in [0.25, 0.3) is 0 Å². The molecule has 2 atom stereocenters. The Hall–Kier alpha value is -0.330. The summed E-state index contributed by atoms with van der Waals surface area (Å²) in [6.07, 6.45) is 15.5. The van der Waals surface area contributed by atoms with Crippen LogP contribution in [0, 0.1) is 23.7 Å². The third-order valence-electron chi connectivity index (χ3n) is 5.38. The van der Waals surface area contributed by atoms with E-state index in [-0.39, 0.29) is 0 Å². The summed E-state index contributed by atoms with van der Waals surface area (Å²) < 4.78 is 0. The van der Waals surface area contributed by atoms with Crippen LogP contribution >= 0.6 is 0 Å². The monoisotopic (exact) mass is 219 g/mol. The van der Waals surface area contributed by atoms with Gasteiger partial charge in [0.05, 0.1) is 0 Å². The first-order valence-electron chi connectivity index (χ1n) is 7.43. The fourth-order valence-corrected chi connectivity index (χ4v) is 4.51. The normalized spacial score (nSPS) is 37.2. The first-order chi connectivity index (χ1) is 7.95. The zero-order valence-corrected chi connectivity index (χ0v) is 10.4. The van der Waals surface area contributed by atoms with E-state index in [9.17, 15) is 0 Å². The van der Waals surface area contributed by atoms with Crippen LogP contribution < -0.4 is 0 Å². The molecule has 0 radical (unpaired) electrons. The van der Waals surface area contributed by atoms with E-state index >= 15 is 0 Å². The zero-order chi connectivity index (χ0) is 10.8. The van der Waals surface area contributed by atoms with Gasteiger partial charge in [-0.2, -0.15) is 0 Å². The minimum Gasteiger partial charge on any atom is -0.297 e. The first-order valence-corrected chi connectivity index (χ1v) is 7.43. The van der Waals surface area contributed by atoms with Gasteiger partial charge < -0.3 is 0 Å². The molecule has 0 aromatic rings. The topological polar surface area (TPSA) is 12.4 Å². The molecule has 0 aromatic heterocycles. The Kier molecular flexibility index (Phi) is 3.30. The SMILES string of the molecule is C1=NCC(C2CCCC2)C(C2CCCC2)C1. The summed E-state index contributed by atoms with van der Waals surface area (Å²) in [5.74, 6) is 4.04. The van der Waals surface area contributed by atoms with Gasteiger partial charge in [0.2, 0.25) is 0 Å². The maximum absolute atomic E-state index is 4.60. The van der Waals surface area contributed by atoms with Gasteiger partial charge in [0.15, 0.2) is 0 Å². The molecule has 0 saturated heterocycles. The van der Waals surface area contributed by atoms with Crippen molar-refractivity contribution in [3.05, 3.63) is 0 Å². The predicted molar refractivity (Wildman–Crippen MR) is 68.9 cm³/mol. The summed E-state index contributed by atoms with van der Waals surface area (Å²) in [5, 5.41) is 0. The van der Waals surface area contributed by atoms with Crippen molar-refractivity contribution in [2.24, 2.45) is 28.7 Å². The average molecular weight is 219 g/mol. The molecule has 2 fully saturated rings. The lowest BCUT2D eigenvalue weighted by Gasteiger charge is -2.36. The van der Waals surface area contributed by atoms with E-state index in [0.717, 1.165) is 30.2 Å². The Morgan fingerprint density at radius 2 is 1.31 bits per heavy atom. The summed E-state index contributed by atoms with van der Waals surface area (Å²) in [6, 6.07) is 0. The highest BCUT2D eigenvalue weighted by molar-refractivity contribution is 5.58. The lowest BCUT2D eigenvalue weighted by atomic mass is 9.71. The molecule has 3 rings (SSSR count). The molecule has 0 aromatic carbocycles. The second-order valence-corrected chi connectivity index (χ2v) is 6.20. The molecule has 1 aliphatic heterocycles. The molecule has 1 nitrogen and oxygen atoms in total. The molecule has 1 heteroatoms. The summed E-state index contributed by atoms with van der Waals surface area (Å²) in [4.78, 5) is 4.60. The molecule has 16 heavy (non-hydrogen) atoms. The highest BCUT2D eigenvalue weighted by Crippen LogP contribution is 2.44. The second-order valence-electron chi connectivity index (χ2n) is 6.20. The summed E-state index contributed by atoms with van der Waals surface area (Å²) in [7, 11) is 0. The molecule has 2 unspecified atom stereocenters. The quantitative estimate of drug-likeness (QED) is 0.664. The van der Waals surface area contributed by atoms with Crippen LogP contribution in [0.3, 0.4) is 0 Å². The Morgan fingerprint density at radius 3 is 1.94 bits per heavy atom. The Bertz CT molecular complexity index is 220. The van der Waals surface area contributed by atoms with Gasteiger partial charge in [-0.1, -0.05) is 51.4 Å². The van der Waals surface area contributed by atoms with Crippen LogP contribution in [0.2, 0.25) is 0 Å². The predicted octanol–water partition coefficient (Wildman–Crippen LogP) is 4.07. The van der Waals surface area contributed by atoms with Crippen LogP contribution in [0.25, 0.3) is 0 Å². The van der Waals surface area contributed by atoms with Gasteiger partial charge in [0.1, 0.15) is 0 Å². The molecule has 2 aliphatic carbocycles. The van der Waals surface area contributed by atoms with E-state index in [1.807, 2.05) is 0 Å². The summed E-state index contributed by atoms with van der Waals surface area (Å²) in [5.41, 5.74) is 0. The molecule has 1 heterocycles. The smallest absolute Gasteiger partial charge is 0.0419 e. The standard InChI is InChI=1S/C15H25N/c1-2-6-12(5-1)14-9-10-16-11-15(14)13-7-3-4-8-13/h10,12-15H,1-9,11H2. The number of aliphatic imine (C=N–C) groups is 1. The van der Waals surface area contributed by atoms with Crippen LogP contribution in [0.15, 0.2) is 4.99 Å². The molecule has 3 aliphatic rings. The Morgan fingerprint density at radius 1 is 0.750 bits per heavy atom. The third kappa shape index (κ3) is 2.06. The van der Waals surface area contributed by atoms with E-state index in [0.29, 0.717) is 0 Å². The van der Waals surface area contributed by atoms with Gasteiger partial charge in [-0.3, -0.25) is 4.99 Å². The fraction of sp³-hybridized carbons (Fsp3) is 0.933. The Balaban J connectivity index is 1.70. The molecule has 0 amide bonds. The second kappa shape index (κ2) is 4.89. The van der Waals surface area contributed by atoms with E-state index in [1.54, 1.807) is 0 Å². The maximum atomic E-state index is 4.60. The van der Waals surface area contributed by atoms with Gasteiger partial charge in [-0.15, -0.1) is 0 Å². The summed E-state index contributed by atoms with van der Waals surface area (Å²) in [6.45, 7) is 1.16. The molecule has 2 saturated carbocycles. The minimum absolute atomic E-state index is 0.954. The van der Waals surface area contributed by atoms with Crippen molar-refractivity contribution in [2.75, 3.05) is 6.54 Å². The maximum Gasteiger partial charge on any atom is 0.0419 e. The number of nitrogens with zero attached hydrogens (tertiary/aromatic N) is 1. The lowest BCUT2D eigenvalue weighted by Crippen LogP contribution is -2.32. The molecular formula is C15H25N. The molecule has 90 valence electrons. The van der Waals surface area contributed by atoms with Crippen molar-refractivity contribution in [3.8, 4) is 0 Å². The van der Waals surface area contributed by atoms with Crippen LogP contribution in [0.5, 0.6) is 0 Å². The highest BCUT2D eigenvalue weighted by atomic mass is 14.7. The van der Waals surface area contributed by atoms with Crippen molar-refractivity contribution in [1.82, 2.24) is 0 Å². The molecular weight excluding hydrogens is 194 g/mol. The van der Waals surface area contributed by atoms with Crippen LogP contribution in [-0.4, -0.2) is 12.8 Å². The van der Waals surface area contributed by atoms with Crippen molar-refractivity contribution in [3.63, 3.8) is 0 Å². The molecule has 0 spiro atoms. The van der Waals surface area contributed by atoms with Crippen molar-refractivity contribution >= 4 is 6.21 Å². The van der Waals surface area contributed by atoms with E-state index in [4.69, 9.17) is 0 Å². The highest BCUT2D eigenvalue weighted by Gasteiger charge is 2.37. The van der Waals surface area contributed by atoms with Crippen molar-refractivity contribution < 1.29 is 0 Å². The van der Waals surface area contributed by atoms with Gasteiger partial charge in [-0.05, 0) is 36.3 Å². The van der Waals surface area contributed by atoms with Gasteiger partial charge >= 0.3 is 0 Å². The molecule has 0 bridgehead atoms. The van der Waals surface area contributed by atoms with Crippen LogP contribution in [-0.2, 0) is 0 Å². The fourth-order valence-electron chi connectivity index (χ4n) is 4.51. The lowest BCUT2D eigenvalue weighted by molar-refractivity contribution is 0.168. The minimum atomic E-state index is 0.954.